The third-order valence-corrected chi connectivity index (χ3v) is 2.39. The lowest BCUT2D eigenvalue weighted by molar-refractivity contribution is -0.904. The first kappa shape index (κ1) is 12.0. The van der Waals surface area contributed by atoms with Crippen LogP contribution in [0.1, 0.15) is 0 Å². The Balaban J connectivity index is 1.89. The number of hydrogen-bond donors (Lipinski definition) is 1. The summed E-state index contributed by atoms with van der Waals surface area (Å²) in [5.41, 5.74) is 0. The van der Waals surface area contributed by atoms with E-state index >= 15 is 0 Å². The summed E-state index contributed by atoms with van der Waals surface area (Å²) in [7, 11) is 3.78. The third kappa shape index (κ3) is 3.52. The quantitative estimate of drug-likeness (QED) is 0.806. The van der Waals surface area contributed by atoms with Crippen LogP contribution >= 0.6 is 0 Å². The average Bonchev–Trinajstić information content (AvgIpc) is 2.16. The van der Waals surface area contributed by atoms with Crippen LogP contribution in [0.3, 0.4) is 0 Å². The number of benzene rings is 1. The van der Waals surface area contributed by atoms with Gasteiger partial charge in [-0.2, -0.15) is 7.05 Å². The highest BCUT2D eigenvalue weighted by atomic mass is 19.4. The van der Waals surface area contributed by atoms with Gasteiger partial charge in [0.25, 0.3) is 0 Å². The molecule has 0 unspecified atom stereocenters. The maximum absolute atomic E-state index is 11.9. The summed E-state index contributed by atoms with van der Waals surface area (Å²) in [6, 6.07) is 5.39. The number of alkyl halides is 3. The standard InChI is InChI=1S/C11H12F3NO2/c1-15-6-10(7-15)16-8-2-4-9(5-3-8)17-11(12,13)14/h2-5,10,15H,1,6-7H2. The van der Waals surface area contributed by atoms with Gasteiger partial charge in [-0.05, 0) is 24.3 Å². The molecule has 1 saturated heterocycles. The Kier molecular flexibility index (Phi) is 3.15. The van der Waals surface area contributed by atoms with Gasteiger partial charge in [0.1, 0.15) is 11.5 Å². The molecular formula is C11H12F3NO2. The van der Waals surface area contributed by atoms with E-state index in [1.807, 2.05) is 0 Å². The molecule has 0 amide bonds. The fourth-order valence-corrected chi connectivity index (χ4v) is 1.58. The van der Waals surface area contributed by atoms with E-state index < -0.39 is 6.36 Å². The molecule has 0 bridgehead atoms. The van der Waals surface area contributed by atoms with Gasteiger partial charge in [0.15, 0.2) is 6.10 Å². The molecule has 3 nitrogen and oxygen atoms in total. The molecular weight excluding hydrogens is 235 g/mol. The Morgan fingerprint density at radius 3 is 2.12 bits per heavy atom. The molecule has 1 N–H and O–H groups in total. The van der Waals surface area contributed by atoms with Gasteiger partial charge in [0.05, 0.1) is 13.1 Å². The van der Waals surface area contributed by atoms with Gasteiger partial charge in [0, 0.05) is 0 Å². The van der Waals surface area contributed by atoms with Crippen LogP contribution in [0.15, 0.2) is 24.3 Å². The van der Waals surface area contributed by atoms with Crippen LogP contribution in [0, 0.1) is 7.05 Å². The van der Waals surface area contributed by atoms with E-state index in [2.05, 4.69) is 11.8 Å². The minimum absolute atomic E-state index is 0.0943. The first-order chi connectivity index (χ1) is 7.92. The van der Waals surface area contributed by atoms with Crippen molar-refractivity contribution < 1.29 is 27.5 Å². The molecule has 0 saturated carbocycles. The number of nitrogens with one attached hydrogen (secondary N) is 1. The molecule has 0 aromatic heterocycles. The zero-order valence-electron chi connectivity index (χ0n) is 8.96. The van der Waals surface area contributed by atoms with Crippen molar-refractivity contribution in [1.29, 1.82) is 0 Å². The number of hydrogen-bond acceptors (Lipinski definition) is 2. The average molecular weight is 247 g/mol. The number of rotatable bonds is 3. The Hall–Kier alpha value is -1.43. The van der Waals surface area contributed by atoms with Crippen molar-refractivity contribution >= 4 is 0 Å². The maximum atomic E-state index is 11.9. The molecule has 0 spiro atoms. The van der Waals surface area contributed by atoms with Gasteiger partial charge < -0.3 is 14.4 Å². The molecule has 1 aliphatic rings. The van der Waals surface area contributed by atoms with E-state index in [1.54, 1.807) is 0 Å². The third-order valence-electron chi connectivity index (χ3n) is 2.39. The number of ether oxygens (including phenoxy) is 2. The van der Waals surface area contributed by atoms with Gasteiger partial charge in [-0.3, -0.25) is 0 Å². The second-order valence-electron chi connectivity index (χ2n) is 3.92. The molecule has 6 heteroatoms. The number of likely N-dealkylation sites (tertiary alicyclic amines) is 1. The van der Waals surface area contributed by atoms with Crippen molar-refractivity contribution in [3.05, 3.63) is 31.3 Å². The lowest BCUT2D eigenvalue weighted by Gasteiger charge is -2.37. The Morgan fingerprint density at radius 2 is 1.65 bits per heavy atom. The summed E-state index contributed by atoms with van der Waals surface area (Å²) in [4.78, 5) is 1.13. The second kappa shape index (κ2) is 4.44. The largest absolute Gasteiger partial charge is 0.573 e. The van der Waals surface area contributed by atoms with Crippen molar-refractivity contribution in [2.75, 3.05) is 13.1 Å². The van der Waals surface area contributed by atoms with E-state index in [4.69, 9.17) is 4.74 Å². The van der Waals surface area contributed by atoms with E-state index in [9.17, 15) is 13.2 Å². The van der Waals surface area contributed by atoms with Gasteiger partial charge in [-0.25, -0.2) is 0 Å². The minimum Gasteiger partial charge on any atom is -0.479 e. The molecule has 0 atom stereocenters. The lowest BCUT2D eigenvalue weighted by atomic mass is 10.2. The molecule has 17 heavy (non-hydrogen) atoms. The van der Waals surface area contributed by atoms with Crippen LogP contribution in [-0.2, 0) is 0 Å². The minimum atomic E-state index is -4.66. The van der Waals surface area contributed by atoms with Crippen molar-refractivity contribution in [3.63, 3.8) is 0 Å². The van der Waals surface area contributed by atoms with Crippen LogP contribution in [0.25, 0.3) is 0 Å². The topological polar surface area (TPSA) is 22.9 Å². The van der Waals surface area contributed by atoms with Gasteiger partial charge in [-0.15, -0.1) is 13.2 Å². The molecule has 2 rings (SSSR count). The van der Waals surface area contributed by atoms with Crippen LogP contribution in [0.4, 0.5) is 13.2 Å². The fourth-order valence-electron chi connectivity index (χ4n) is 1.58. The van der Waals surface area contributed by atoms with Crippen LogP contribution in [0.5, 0.6) is 11.5 Å². The zero-order chi connectivity index (χ0) is 12.5. The van der Waals surface area contributed by atoms with Crippen LogP contribution < -0.4 is 14.4 Å². The highest BCUT2D eigenvalue weighted by molar-refractivity contribution is 5.31. The molecule has 94 valence electrons. The van der Waals surface area contributed by atoms with E-state index in [0.29, 0.717) is 5.75 Å². The first-order valence-electron chi connectivity index (χ1n) is 5.11. The first-order valence-corrected chi connectivity index (χ1v) is 5.11. The normalized spacial score (nSPS) is 24.0. The van der Waals surface area contributed by atoms with Gasteiger partial charge in [0.2, 0.25) is 0 Å². The van der Waals surface area contributed by atoms with Crippen molar-refractivity contribution in [2.45, 2.75) is 12.5 Å². The Bertz CT molecular complexity index is 371. The van der Waals surface area contributed by atoms with Gasteiger partial charge in [-0.1, -0.05) is 0 Å². The van der Waals surface area contributed by atoms with E-state index in [-0.39, 0.29) is 11.9 Å². The summed E-state index contributed by atoms with van der Waals surface area (Å²) < 4.78 is 44.9. The summed E-state index contributed by atoms with van der Waals surface area (Å²) in [5, 5.41) is 0. The van der Waals surface area contributed by atoms with Crippen LogP contribution in [0.2, 0.25) is 0 Å². The Labute approximate surface area is 96.7 Å². The monoisotopic (exact) mass is 247 g/mol. The SMILES string of the molecule is [CH2-][NH+]1CC(Oc2ccc(OC(F)(F)F)cc2)C1. The fraction of sp³-hybridized carbons (Fsp3) is 0.364. The molecule has 1 aromatic carbocycles. The van der Waals surface area contributed by atoms with Crippen LogP contribution in [-0.4, -0.2) is 25.6 Å². The smallest absolute Gasteiger partial charge is 0.479 e. The molecule has 0 aliphatic carbocycles. The lowest BCUT2D eigenvalue weighted by Crippen LogP contribution is -3.17. The van der Waals surface area contributed by atoms with E-state index in [0.717, 1.165) is 18.0 Å². The predicted molar refractivity (Wildman–Crippen MR) is 53.6 cm³/mol. The van der Waals surface area contributed by atoms with Gasteiger partial charge >= 0.3 is 6.36 Å². The molecule has 1 fully saturated rings. The highest BCUT2D eigenvalue weighted by Crippen LogP contribution is 2.25. The van der Waals surface area contributed by atoms with Crippen molar-refractivity contribution in [1.82, 2.24) is 0 Å². The summed E-state index contributed by atoms with van der Waals surface area (Å²) in [5.74, 6) is 0.292. The number of halogens is 3. The molecule has 1 aliphatic heterocycles. The van der Waals surface area contributed by atoms with Crippen molar-refractivity contribution in [3.8, 4) is 11.5 Å². The predicted octanol–water partition coefficient (Wildman–Crippen LogP) is 1.02. The zero-order valence-corrected chi connectivity index (χ0v) is 8.96. The Morgan fingerprint density at radius 1 is 1.12 bits per heavy atom. The second-order valence-corrected chi connectivity index (χ2v) is 3.92. The molecule has 1 aromatic rings. The molecule has 0 radical (unpaired) electrons. The summed E-state index contributed by atoms with van der Waals surface area (Å²) in [6.07, 6.45) is -4.56. The summed E-state index contributed by atoms with van der Waals surface area (Å²) in [6.45, 7) is 1.61. The van der Waals surface area contributed by atoms with E-state index in [1.165, 1.54) is 24.3 Å². The molecule has 1 heterocycles. The summed E-state index contributed by atoms with van der Waals surface area (Å²) >= 11 is 0. The van der Waals surface area contributed by atoms with Crippen molar-refractivity contribution in [2.24, 2.45) is 0 Å². The maximum Gasteiger partial charge on any atom is 0.573 e. The number of quaternary nitrogens is 1. The highest BCUT2D eigenvalue weighted by Gasteiger charge is 2.31.